The van der Waals surface area contributed by atoms with Crippen LogP contribution in [-0.4, -0.2) is 17.3 Å². The molecule has 94 valence electrons. The van der Waals surface area contributed by atoms with Crippen molar-refractivity contribution in [2.75, 3.05) is 0 Å². The third kappa shape index (κ3) is 2.39. The van der Waals surface area contributed by atoms with Gasteiger partial charge >= 0.3 is 12.1 Å². The van der Waals surface area contributed by atoms with Gasteiger partial charge in [-0.05, 0) is 19.3 Å². The highest BCUT2D eigenvalue weighted by Crippen LogP contribution is 2.52. The number of allylic oxidation sites excluding steroid dienone is 1. The maximum Gasteiger partial charge on any atom is 0.408 e. The van der Waals surface area contributed by atoms with Crippen LogP contribution in [0.1, 0.15) is 34.6 Å². The Morgan fingerprint density at radius 3 is 1.56 bits per heavy atom. The lowest BCUT2D eigenvalue weighted by atomic mass is 9.65. The zero-order valence-electron chi connectivity index (χ0n) is 10.1. The summed E-state index contributed by atoms with van der Waals surface area (Å²) in [6.45, 7) is 6.72. The number of aliphatic carboxylic acids is 1. The molecular weight excluding hydrogens is 221 g/mol. The summed E-state index contributed by atoms with van der Waals surface area (Å²) in [6.07, 6.45) is -4.04. The highest BCUT2D eigenvalue weighted by molar-refractivity contribution is 5.79. The van der Waals surface area contributed by atoms with Crippen LogP contribution in [0.25, 0.3) is 0 Å². The van der Waals surface area contributed by atoms with Crippen molar-refractivity contribution in [3.05, 3.63) is 11.6 Å². The highest BCUT2D eigenvalue weighted by atomic mass is 19.4. The molecule has 0 aromatic heterocycles. The van der Waals surface area contributed by atoms with E-state index in [2.05, 4.69) is 0 Å². The second-order valence-corrected chi connectivity index (χ2v) is 5.08. The lowest BCUT2D eigenvalue weighted by molar-refractivity contribution is -0.241. The Hall–Kier alpha value is -1.00. The van der Waals surface area contributed by atoms with E-state index in [0.717, 1.165) is 6.08 Å². The van der Waals surface area contributed by atoms with E-state index in [9.17, 15) is 18.0 Å². The van der Waals surface area contributed by atoms with Gasteiger partial charge in [-0.1, -0.05) is 32.4 Å². The van der Waals surface area contributed by atoms with Gasteiger partial charge in [0.1, 0.15) is 0 Å². The molecule has 0 aliphatic carbocycles. The highest BCUT2D eigenvalue weighted by Gasteiger charge is 2.65. The van der Waals surface area contributed by atoms with E-state index in [1.54, 1.807) is 0 Å². The van der Waals surface area contributed by atoms with Crippen molar-refractivity contribution in [2.45, 2.75) is 40.8 Å². The fourth-order valence-corrected chi connectivity index (χ4v) is 1.66. The van der Waals surface area contributed by atoms with Crippen LogP contribution < -0.4 is 0 Å². The summed E-state index contributed by atoms with van der Waals surface area (Å²) in [5.41, 5.74) is -3.97. The maximum absolute atomic E-state index is 13.1. The van der Waals surface area contributed by atoms with Crippen LogP contribution >= 0.6 is 0 Å². The maximum atomic E-state index is 13.1. The minimum Gasteiger partial charge on any atom is -0.480 e. The molecular formula is C11H17F3O2. The summed E-state index contributed by atoms with van der Waals surface area (Å²) in [7, 11) is 0. The summed E-state index contributed by atoms with van der Waals surface area (Å²) < 4.78 is 39.2. The molecule has 1 atom stereocenters. The SMILES string of the molecule is CC(C)=CC(C(=O)O)(C(C)(C)C)C(F)(F)F. The topological polar surface area (TPSA) is 37.3 Å². The van der Waals surface area contributed by atoms with E-state index in [1.165, 1.54) is 34.6 Å². The quantitative estimate of drug-likeness (QED) is 0.746. The second-order valence-electron chi connectivity index (χ2n) is 5.08. The van der Waals surface area contributed by atoms with E-state index in [-0.39, 0.29) is 0 Å². The van der Waals surface area contributed by atoms with Crippen molar-refractivity contribution in [1.29, 1.82) is 0 Å². The molecule has 0 aromatic rings. The minimum absolute atomic E-state index is 0.328. The van der Waals surface area contributed by atoms with Crippen LogP contribution in [0, 0.1) is 10.8 Å². The van der Waals surface area contributed by atoms with E-state index in [1.807, 2.05) is 0 Å². The average molecular weight is 238 g/mol. The van der Waals surface area contributed by atoms with Gasteiger partial charge in [0.15, 0.2) is 5.41 Å². The molecule has 0 amide bonds. The van der Waals surface area contributed by atoms with Gasteiger partial charge in [0.2, 0.25) is 0 Å². The van der Waals surface area contributed by atoms with Crippen molar-refractivity contribution >= 4 is 5.97 Å². The summed E-state index contributed by atoms with van der Waals surface area (Å²) >= 11 is 0. The van der Waals surface area contributed by atoms with Crippen molar-refractivity contribution < 1.29 is 23.1 Å². The number of carboxylic acids is 1. The second kappa shape index (κ2) is 4.11. The van der Waals surface area contributed by atoms with Crippen LogP contribution in [0.15, 0.2) is 11.6 Å². The van der Waals surface area contributed by atoms with Crippen LogP contribution in [0.3, 0.4) is 0 Å². The Bertz CT molecular complexity index is 290. The number of alkyl halides is 3. The molecule has 0 bridgehead atoms. The molecule has 0 radical (unpaired) electrons. The average Bonchev–Trinajstić information content (AvgIpc) is 1.93. The fraction of sp³-hybridized carbons (Fsp3) is 0.727. The van der Waals surface area contributed by atoms with Crippen LogP contribution in [-0.2, 0) is 4.79 Å². The lowest BCUT2D eigenvalue weighted by Crippen LogP contribution is -2.52. The Morgan fingerprint density at radius 2 is 1.50 bits per heavy atom. The molecule has 0 saturated heterocycles. The molecule has 0 saturated carbocycles. The van der Waals surface area contributed by atoms with Crippen molar-refractivity contribution in [3.8, 4) is 0 Å². The van der Waals surface area contributed by atoms with Gasteiger partial charge in [-0.3, -0.25) is 4.79 Å². The summed E-state index contributed by atoms with van der Waals surface area (Å²) in [6, 6.07) is 0. The molecule has 0 spiro atoms. The molecule has 5 heteroatoms. The molecule has 1 unspecified atom stereocenters. The molecule has 0 heterocycles. The third-order valence-electron chi connectivity index (χ3n) is 2.47. The predicted molar refractivity (Wildman–Crippen MR) is 55.0 cm³/mol. The minimum atomic E-state index is -4.83. The van der Waals surface area contributed by atoms with Gasteiger partial charge in [-0.15, -0.1) is 0 Å². The van der Waals surface area contributed by atoms with Crippen LogP contribution in [0.5, 0.6) is 0 Å². The molecule has 0 aliphatic heterocycles. The van der Waals surface area contributed by atoms with Gasteiger partial charge in [0.05, 0.1) is 0 Å². The van der Waals surface area contributed by atoms with Gasteiger partial charge in [0.25, 0.3) is 0 Å². The number of hydrogen-bond donors (Lipinski definition) is 1. The Labute approximate surface area is 93.2 Å². The molecule has 16 heavy (non-hydrogen) atoms. The smallest absolute Gasteiger partial charge is 0.408 e. The number of carbonyl (C=O) groups is 1. The molecule has 2 nitrogen and oxygen atoms in total. The largest absolute Gasteiger partial charge is 0.480 e. The molecule has 0 rings (SSSR count). The summed E-state index contributed by atoms with van der Waals surface area (Å²) in [5.74, 6) is -1.87. The number of hydrogen-bond acceptors (Lipinski definition) is 1. The first kappa shape index (κ1) is 15.0. The van der Waals surface area contributed by atoms with Gasteiger partial charge in [-0.25, -0.2) is 0 Å². The first-order valence-electron chi connectivity index (χ1n) is 4.82. The van der Waals surface area contributed by atoms with Crippen molar-refractivity contribution in [3.63, 3.8) is 0 Å². The molecule has 0 fully saturated rings. The first-order valence-corrected chi connectivity index (χ1v) is 4.82. The van der Waals surface area contributed by atoms with Crippen LogP contribution in [0.4, 0.5) is 13.2 Å². The van der Waals surface area contributed by atoms with Crippen molar-refractivity contribution in [1.82, 2.24) is 0 Å². The summed E-state index contributed by atoms with van der Waals surface area (Å²) in [4.78, 5) is 11.1. The zero-order chi connectivity index (χ0) is 13.4. The number of carboxylic acid groups (broad SMARTS) is 1. The molecule has 1 N–H and O–H groups in total. The van der Waals surface area contributed by atoms with E-state index in [4.69, 9.17) is 5.11 Å². The van der Waals surface area contributed by atoms with E-state index < -0.39 is 23.0 Å². The standard InChI is InChI=1S/C11H17F3O2/c1-7(2)6-10(8(15)16,9(3,4)5)11(12,13)14/h6H,1-5H3,(H,15,16). The number of halogens is 3. The van der Waals surface area contributed by atoms with Crippen LogP contribution in [0.2, 0.25) is 0 Å². The van der Waals surface area contributed by atoms with Gasteiger partial charge in [-0.2, -0.15) is 13.2 Å². The van der Waals surface area contributed by atoms with E-state index in [0.29, 0.717) is 5.57 Å². The first-order chi connectivity index (χ1) is 6.86. The monoisotopic (exact) mass is 238 g/mol. The lowest BCUT2D eigenvalue weighted by Gasteiger charge is -2.40. The zero-order valence-corrected chi connectivity index (χ0v) is 10.1. The van der Waals surface area contributed by atoms with Crippen molar-refractivity contribution in [2.24, 2.45) is 10.8 Å². The van der Waals surface area contributed by atoms with Gasteiger partial charge < -0.3 is 5.11 Å². The summed E-state index contributed by atoms with van der Waals surface area (Å²) in [5, 5.41) is 8.98. The Balaban J connectivity index is 6.04. The molecule has 0 aromatic carbocycles. The normalized spacial score (nSPS) is 16.5. The molecule has 0 aliphatic rings. The Morgan fingerprint density at radius 1 is 1.12 bits per heavy atom. The third-order valence-corrected chi connectivity index (χ3v) is 2.47. The van der Waals surface area contributed by atoms with Gasteiger partial charge in [0, 0.05) is 0 Å². The fourth-order valence-electron chi connectivity index (χ4n) is 1.66. The predicted octanol–water partition coefficient (Wildman–Crippen LogP) is 3.63. The van der Waals surface area contributed by atoms with E-state index >= 15 is 0 Å². The number of rotatable bonds is 2. The Kier molecular flexibility index (Phi) is 3.85.